The first-order valence-electron chi connectivity index (χ1n) is 7.26. The summed E-state index contributed by atoms with van der Waals surface area (Å²) in [7, 11) is -9.69. The Morgan fingerprint density at radius 3 is 2.03 bits per heavy atom. The Morgan fingerprint density at radius 1 is 0.828 bits per heavy atom. The van der Waals surface area contributed by atoms with Crippen LogP contribution in [-0.2, 0) is 20.2 Å². The van der Waals surface area contributed by atoms with Gasteiger partial charge in [-0.1, -0.05) is 42.1 Å². The van der Waals surface area contributed by atoms with Crippen LogP contribution < -0.4 is 64.2 Å². The first-order chi connectivity index (χ1) is 12.6. The van der Waals surface area contributed by atoms with Gasteiger partial charge in [0, 0.05) is 0 Å². The number of fused-ring (bicyclic) bond motifs is 1. The zero-order chi connectivity index (χ0) is 19.8. The fourth-order valence-electron chi connectivity index (χ4n) is 2.43. The molecule has 0 fully saturated rings. The normalized spacial score (nSPS) is 11.8. The maximum Gasteiger partial charge on any atom is 1.00 e. The zero-order valence-corrected chi connectivity index (χ0v) is 20.9. The Hall–Kier alpha value is -0.860. The Bertz CT molecular complexity index is 1290. The van der Waals surface area contributed by atoms with Crippen LogP contribution in [0.5, 0.6) is 5.75 Å². The fraction of sp³-hybridized carbons (Fsp3) is 0. The summed E-state index contributed by atoms with van der Waals surface area (Å²) in [5.74, 6) is -0.827. The molecule has 3 rings (SSSR count). The van der Waals surface area contributed by atoms with E-state index >= 15 is 0 Å². The van der Waals surface area contributed by atoms with Gasteiger partial charge in [0.15, 0.2) is 0 Å². The minimum absolute atomic E-state index is 0. The molecule has 13 heteroatoms. The molecule has 3 aromatic rings. The third kappa shape index (κ3) is 5.85. The molecule has 0 spiro atoms. The summed E-state index contributed by atoms with van der Waals surface area (Å²) in [6.45, 7) is 0. The van der Waals surface area contributed by atoms with Crippen LogP contribution in [0, 0.1) is 0 Å². The van der Waals surface area contributed by atoms with Gasteiger partial charge in [0.25, 0.3) is 10.1 Å². The van der Waals surface area contributed by atoms with Crippen LogP contribution in [-0.4, -0.2) is 25.9 Å². The van der Waals surface area contributed by atoms with Gasteiger partial charge in [-0.25, -0.2) is 8.42 Å². The Balaban J connectivity index is 0.00000210. The molecule has 0 unspecified atom stereocenters. The van der Waals surface area contributed by atoms with Crippen LogP contribution >= 0.6 is 0 Å². The van der Waals surface area contributed by atoms with E-state index in [4.69, 9.17) is 0 Å². The van der Waals surface area contributed by atoms with E-state index in [2.05, 4.69) is 10.2 Å². The van der Waals surface area contributed by atoms with E-state index < -0.39 is 41.5 Å². The summed E-state index contributed by atoms with van der Waals surface area (Å²) >= 11 is 0. The second kappa shape index (κ2) is 9.96. The molecule has 0 aliphatic carbocycles. The maximum absolute atomic E-state index is 12.6. The van der Waals surface area contributed by atoms with Crippen molar-refractivity contribution in [1.82, 2.24) is 0 Å². The molecule has 0 amide bonds. The summed E-state index contributed by atoms with van der Waals surface area (Å²) in [4.78, 5) is -1.46. The molecule has 0 saturated carbocycles. The van der Waals surface area contributed by atoms with Gasteiger partial charge in [-0.3, -0.25) is 4.55 Å². The molecule has 0 heterocycles. The van der Waals surface area contributed by atoms with E-state index in [1.807, 2.05) is 0 Å². The molecule has 3 aromatic carbocycles. The van der Waals surface area contributed by atoms with E-state index in [1.165, 1.54) is 24.3 Å². The predicted octanol–water partition coefficient (Wildman–Crippen LogP) is -3.51. The van der Waals surface area contributed by atoms with Gasteiger partial charge in [0.2, 0.25) is 0 Å². The van der Waals surface area contributed by atoms with Crippen molar-refractivity contribution in [2.75, 3.05) is 0 Å². The number of azo groups is 1. The van der Waals surface area contributed by atoms with Crippen LogP contribution in [0.3, 0.4) is 0 Å². The number of rotatable bonds is 4. The van der Waals surface area contributed by atoms with E-state index in [9.17, 15) is 31.0 Å². The SMILES string of the molecule is O=S(=O)([O-])c1ccccc1N=Nc1c(S(=O)(=O)O)cc2ccccc2c1[O-].[Na+].[Na+]. The van der Waals surface area contributed by atoms with Crippen molar-refractivity contribution in [2.45, 2.75) is 9.79 Å². The molecule has 29 heavy (non-hydrogen) atoms. The minimum Gasteiger partial charge on any atom is -0.871 e. The van der Waals surface area contributed by atoms with E-state index in [0.29, 0.717) is 0 Å². The van der Waals surface area contributed by atoms with Gasteiger partial charge in [0.05, 0.1) is 10.6 Å². The third-order valence-electron chi connectivity index (χ3n) is 3.61. The monoisotopic (exact) mass is 452 g/mol. The van der Waals surface area contributed by atoms with Crippen LogP contribution in [0.1, 0.15) is 0 Å². The van der Waals surface area contributed by atoms with Gasteiger partial charge < -0.3 is 9.66 Å². The van der Waals surface area contributed by atoms with E-state index in [-0.39, 0.29) is 75.6 Å². The van der Waals surface area contributed by atoms with E-state index in [0.717, 1.165) is 18.2 Å². The summed E-state index contributed by atoms with van der Waals surface area (Å²) in [5.41, 5.74) is -1.07. The van der Waals surface area contributed by atoms with Crippen LogP contribution in [0.25, 0.3) is 10.8 Å². The van der Waals surface area contributed by atoms with Crippen molar-refractivity contribution in [1.29, 1.82) is 0 Å². The first-order valence-corrected chi connectivity index (χ1v) is 10.1. The predicted molar refractivity (Wildman–Crippen MR) is 91.8 cm³/mol. The van der Waals surface area contributed by atoms with Gasteiger partial charge in [-0.05, 0) is 29.0 Å². The van der Waals surface area contributed by atoms with Crippen molar-refractivity contribution in [2.24, 2.45) is 10.2 Å². The number of benzene rings is 3. The van der Waals surface area contributed by atoms with Crippen molar-refractivity contribution >= 4 is 42.4 Å². The summed E-state index contributed by atoms with van der Waals surface area (Å²) in [5, 5.41) is 20.1. The molecule has 0 bridgehead atoms. The summed E-state index contributed by atoms with van der Waals surface area (Å²) in [6, 6.07) is 11.9. The van der Waals surface area contributed by atoms with Crippen molar-refractivity contribution in [3.8, 4) is 5.75 Å². The molecule has 0 aromatic heterocycles. The number of hydrogen-bond donors (Lipinski definition) is 1. The van der Waals surface area contributed by atoms with Crippen molar-refractivity contribution in [3.63, 3.8) is 0 Å². The molecular weight excluding hydrogens is 442 g/mol. The third-order valence-corrected chi connectivity index (χ3v) is 5.36. The first kappa shape index (κ1) is 26.2. The molecule has 1 N–H and O–H groups in total. The number of hydrogen-bond acceptors (Lipinski definition) is 8. The second-order valence-electron chi connectivity index (χ2n) is 5.37. The Morgan fingerprint density at radius 2 is 1.41 bits per heavy atom. The summed E-state index contributed by atoms with van der Waals surface area (Å²) < 4.78 is 66.6. The summed E-state index contributed by atoms with van der Waals surface area (Å²) in [6.07, 6.45) is 0. The molecule has 140 valence electrons. The molecule has 0 radical (unpaired) electrons. The van der Waals surface area contributed by atoms with E-state index in [1.54, 1.807) is 12.1 Å². The molecule has 0 atom stereocenters. The second-order valence-corrected chi connectivity index (χ2v) is 8.11. The van der Waals surface area contributed by atoms with Crippen molar-refractivity contribution < 1.29 is 90.2 Å². The zero-order valence-electron chi connectivity index (χ0n) is 15.3. The smallest absolute Gasteiger partial charge is 0.871 e. The molecule has 9 nitrogen and oxygen atoms in total. The largest absolute Gasteiger partial charge is 1.00 e. The maximum atomic E-state index is 12.6. The van der Waals surface area contributed by atoms with Crippen molar-refractivity contribution in [3.05, 3.63) is 54.6 Å². The fourth-order valence-corrected chi connectivity index (χ4v) is 3.69. The van der Waals surface area contributed by atoms with Crippen LogP contribution in [0.2, 0.25) is 0 Å². The quantitative estimate of drug-likeness (QED) is 0.244. The molecule has 0 aliphatic heterocycles. The average molecular weight is 452 g/mol. The van der Waals surface area contributed by atoms with Gasteiger partial charge >= 0.3 is 59.1 Å². The van der Waals surface area contributed by atoms with Gasteiger partial charge in [-0.15, -0.1) is 10.2 Å². The van der Waals surface area contributed by atoms with Crippen LogP contribution in [0.4, 0.5) is 11.4 Å². The number of nitrogens with zero attached hydrogens (tertiary/aromatic N) is 2. The Labute approximate surface area is 210 Å². The standard InChI is InChI=1S/C16H12N2O7S2.2Na/c19-16-11-6-2-1-5-10(11)9-14(27(23,24)25)15(16)18-17-12-7-3-4-8-13(12)26(20,21)22;;/h1-9,19H,(H,20,21,22)(H,23,24,25);;/q;2*+1/p-2. The molecular formula is C16H10N2Na2O7S2. The molecule has 0 aliphatic rings. The molecule has 0 saturated heterocycles. The minimum atomic E-state index is -4.87. The van der Waals surface area contributed by atoms with Crippen LogP contribution in [0.15, 0.2) is 74.6 Å². The van der Waals surface area contributed by atoms with Gasteiger partial charge in [-0.2, -0.15) is 8.42 Å². The average Bonchev–Trinajstić information content (AvgIpc) is 2.59. The Kier molecular flexibility index (Phi) is 8.99. The van der Waals surface area contributed by atoms with Gasteiger partial charge in [0.1, 0.15) is 20.7 Å². The topological polar surface area (TPSA) is 159 Å².